The Morgan fingerprint density at radius 3 is 2.52 bits per heavy atom. The van der Waals surface area contributed by atoms with Crippen molar-refractivity contribution in [1.29, 1.82) is 0 Å². The van der Waals surface area contributed by atoms with Gasteiger partial charge in [0.1, 0.15) is 29.6 Å². The molecule has 0 saturated carbocycles. The van der Waals surface area contributed by atoms with E-state index in [1.165, 1.54) is 11.1 Å². The highest BCUT2D eigenvalue weighted by Gasteiger charge is 2.27. The van der Waals surface area contributed by atoms with Crippen molar-refractivity contribution in [3.05, 3.63) is 111 Å². The quantitative estimate of drug-likeness (QED) is 0.283. The van der Waals surface area contributed by atoms with Gasteiger partial charge in [0, 0.05) is 47.3 Å². The lowest BCUT2D eigenvalue weighted by Crippen LogP contribution is -2.26. The average molecular weight is 561 g/mol. The summed E-state index contributed by atoms with van der Waals surface area (Å²) in [6.45, 7) is 1.78. The van der Waals surface area contributed by atoms with Gasteiger partial charge in [0.15, 0.2) is 0 Å². The van der Waals surface area contributed by atoms with E-state index in [1.54, 1.807) is 14.2 Å². The largest absolute Gasteiger partial charge is 0.496 e. The zero-order chi connectivity index (χ0) is 28.6. The molecular weight excluding hydrogens is 528 g/mol. The molecule has 0 aromatic heterocycles. The molecule has 212 valence electrons. The molecule has 7 rings (SSSR count). The normalized spacial score (nSPS) is 14.6. The predicted octanol–water partition coefficient (Wildman–Crippen LogP) is 5.34. The molecule has 7 heteroatoms. The summed E-state index contributed by atoms with van der Waals surface area (Å²) >= 11 is 0. The highest BCUT2D eigenvalue weighted by atomic mass is 16.5. The molecular formula is C35H32N2O5. The molecule has 0 radical (unpaired) electrons. The first-order chi connectivity index (χ1) is 20.6. The summed E-state index contributed by atoms with van der Waals surface area (Å²) in [5, 5.41) is 5.47. The van der Waals surface area contributed by atoms with Gasteiger partial charge in [0.2, 0.25) is 0 Å². The van der Waals surface area contributed by atoms with E-state index in [-0.39, 0.29) is 6.61 Å². The standard InChI is InChI=1S/C35H32N2O5/c1-39-30-12-5-13-31(40-2)27(30)20-41-35(38)24-11-4-3-10-23(24)34-25-16-21-8-6-14-36-28(21)18-32(25)42-33-19-29-22(17-26(33)34)9-7-15-37-29/h3-5,10-13,16-19,36H,6-9,14-15,20H2,1-2H3. The summed E-state index contributed by atoms with van der Waals surface area (Å²) in [7, 11) is 3.18. The highest BCUT2D eigenvalue weighted by Crippen LogP contribution is 2.41. The lowest BCUT2D eigenvalue weighted by molar-refractivity contribution is 0.0467. The van der Waals surface area contributed by atoms with Crippen LogP contribution >= 0.6 is 0 Å². The fourth-order valence-electron chi connectivity index (χ4n) is 6.21. The number of nitrogens with one attached hydrogen (secondary N) is 1. The topological polar surface area (TPSA) is 78.4 Å². The second kappa shape index (κ2) is 10.9. The van der Waals surface area contributed by atoms with Crippen LogP contribution in [0.1, 0.15) is 51.0 Å². The van der Waals surface area contributed by atoms with E-state index in [4.69, 9.17) is 23.9 Å². The molecule has 7 nitrogen and oxygen atoms in total. The molecule has 0 spiro atoms. The Bertz CT molecular complexity index is 1820. The third kappa shape index (κ3) is 4.55. The molecule has 3 aliphatic rings. The number of hydrogen-bond donors (Lipinski definition) is 1. The number of rotatable bonds is 6. The van der Waals surface area contributed by atoms with Crippen molar-refractivity contribution in [3.8, 4) is 23.0 Å². The van der Waals surface area contributed by atoms with Crippen molar-refractivity contribution >= 4 is 17.2 Å². The van der Waals surface area contributed by atoms with E-state index in [1.807, 2.05) is 42.5 Å². The molecule has 4 aromatic carbocycles. The average Bonchev–Trinajstić information content (AvgIpc) is 3.04. The van der Waals surface area contributed by atoms with Crippen LogP contribution < -0.4 is 30.1 Å². The van der Waals surface area contributed by atoms with Crippen molar-refractivity contribution in [1.82, 2.24) is 0 Å². The van der Waals surface area contributed by atoms with Gasteiger partial charge in [-0.25, -0.2) is 4.79 Å². The second-order valence-electron chi connectivity index (χ2n) is 10.7. The number of hydrogen-bond acceptors (Lipinski definition) is 7. The Hall–Kier alpha value is -4.78. The van der Waals surface area contributed by atoms with Crippen LogP contribution in [0.15, 0.2) is 71.7 Å². The van der Waals surface area contributed by atoms with Gasteiger partial charge >= 0.3 is 5.97 Å². The van der Waals surface area contributed by atoms with Crippen LogP contribution in [-0.4, -0.2) is 33.3 Å². The fourth-order valence-corrected chi connectivity index (χ4v) is 6.21. The van der Waals surface area contributed by atoms with E-state index in [9.17, 15) is 4.79 Å². The Morgan fingerprint density at radius 1 is 0.881 bits per heavy atom. The minimum Gasteiger partial charge on any atom is -0.496 e. The summed E-state index contributed by atoms with van der Waals surface area (Å²) in [5.41, 5.74) is 7.46. The van der Waals surface area contributed by atoms with Gasteiger partial charge < -0.3 is 24.3 Å². The maximum Gasteiger partial charge on any atom is 0.339 e. The molecule has 0 fully saturated rings. The highest BCUT2D eigenvalue weighted by molar-refractivity contribution is 5.99. The van der Waals surface area contributed by atoms with Crippen LogP contribution in [0.3, 0.4) is 0 Å². The minimum absolute atomic E-state index is 0.0141. The Labute approximate surface area is 244 Å². The number of carbonyl (C=O) groups is 1. The summed E-state index contributed by atoms with van der Waals surface area (Å²) in [6, 6.07) is 21.7. The van der Waals surface area contributed by atoms with Gasteiger partial charge in [-0.3, -0.25) is 4.99 Å². The molecule has 3 aliphatic heterocycles. The van der Waals surface area contributed by atoms with Crippen LogP contribution in [0.25, 0.3) is 5.57 Å². The lowest BCUT2D eigenvalue weighted by Gasteiger charge is -2.27. The second-order valence-corrected chi connectivity index (χ2v) is 10.7. The molecule has 0 amide bonds. The zero-order valence-corrected chi connectivity index (χ0v) is 23.8. The van der Waals surface area contributed by atoms with Gasteiger partial charge in [-0.1, -0.05) is 24.3 Å². The first kappa shape index (κ1) is 26.1. The zero-order valence-electron chi connectivity index (χ0n) is 23.8. The summed E-state index contributed by atoms with van der Waals surface area (Å²) in [6.07, 6.45) is 4.05. The van der Waals surface area contributed by atoms with Crippen molar-refractivity contribution in [2.24, 2.45) is 4.99 Å². The minimum atomic E-state index is -0.423. The number of carbonyl (C=O) groups excluding carboxylic acids is 1. The Morgan fingerprint density at radius 2 is 1.69 bits per heavy atom. The number of nitrogens with zero attached hydrogens (tertiary/aromatic N) is 1. The van der Waals surface area contributed by atoms with Crippen molar-refractivity contribution < 1.29 is 23.7 Å². The van der Waals surface area contributed by atoms with Crippen LogP contribution in [0.2, 0.25) is 0 Å². The van der Waals surface area contributed by atoms with Crippen molar-refractivity contribution in [3.63, 3.8) is 0 Å². The van der Waals surface area contributed by atoms with Crippen LogP contribution in [0.5, 0.6) is 23.0 Å². The summed E-state index contributed by atoms with van der Waals surface area (Å²) < 4.78 is 23.5. The molecule has 0 unspecified atom stereocenters. The van der Waals surface area contributed by atoms with E-state index in [0.717, 1.165) is 83.2 Å². The SMILES string of the molecule is COc1cccc(OC)c1COC(=O)c1ccccc1C1=c2cc3c(cc2Oc2cc4c(cc21)CCCN4)=NCCC3. The number of ether oxygens (including phenoxy) is 4. The van der Waals surface area contributed by atoms with Crippen molar-refractivity contribution in [2.45, 2.75) is 32.3 Å². The van der Waals surface area contributed by atoms with E-state index >= 15 is 0 Å². The number of aryl methyl sites for hydroxylation is 2. The van der Waals surface area contributed by atoms with Gasteiger partial charge in [-0.15, -0.1) is 0 Å². The first-order valence-corrected chi connectivity index (χ1v) is 14.4. The third-order valence-electron chi connectivity index (χ3n) is 8.26. The predicted molar refractivity (Wildman–Crippen MR) is 160 cm³/mol. The summed E-state index contributed by atoms with van der Waals surface area (Å²) in [4.78, 5) is 18.6. The first-order valence-electron chi connectivity index (χ1n) is 14.4. The summed E-state index contributed by atoms with van der Waals surface area (Å²) in [5.74, 6) is 2.30. The molecule has 3 heterocycles. The Balaban J connectivity index is 1.38. The number of methoxy groups -OCH3 is 2. The number of anilines is 1. The van der Waals surface area contributed by atoms with Gasteiger partial charge in [0.25, 0.3) is 0 Å². The van der Waals surface area contributed by atoms with E-state index in [0.29, 0.717) is 22.6 Å². The van der Waals surface area contributed by atoms with Crippen LogP contribution in [0, 0.1) is 0 Å². The molecule has 42 heavy (non-hydrogen) atoms. The molecule has 0 bridgehead atoms. The fraction of sp³-hybridized carbons (Fsp3) is 0.257. The maximum absolute atomic E-state index is 13.8. The van der Waals surface area contributed by atoms with Crippen LogP contribution in [-0.2, 0) is 24.2 Å². The van der Waals surface area contributed by atoms with Gasteiger partial charge in [-0.05, 0) is 72.7 Å². The number of fused-ring (bicyclic) bond motifs is 4. The van der Waals surface area contributed by atoms with Gasteiger partial charge in [-0.2, -0.15) is 0 Å². The molecule has 0 aliphatic carbocycles. The molecule has 0 atom stereocenters. The third-order valence-corrected chi connectivity index (χ3v) is 8.26. The van der Waals surface area contributed by atoms with Gasteiger partial charge in [0.05, 0.1) is 30.7 Å². The molecule has 0 saturated heterocycles. The Kier molecular flexibility index (Phi) is 6.78. The maximum atomic E-state index is 13.8. The lowest BCUT2D eigenvalue weighted by atomic mass is 9.87. The molecule has 4 aromatic rings. The smallest absolute Gasteiger partial charge is 0.339 e. The molecule has 1 N–H and O–H groups in total. The van der Waals surface area contributed by atoms with Crippen LogP contribution in [0.4, 0.5) is 5.69 Å². The van der Waals surface area contributed by atoms with E-state index in [2.05, 4.69) is 29.6 Å². The van der Waals surface area contributed by atoms with E-state index < -0.39 is 5.97 Å². The number of benzene rings is 4. The monoisotopic (exact) mass is 560 g/mol. The number of esters is 1. The van der Waals surface area contributed by atoms with Crippen molar-refractivity contribution in [2.75, 3.05) is 32.6 Å².